The zero-order valence-corrected chi connectivity index (χ0v) is 12.8. The maximum atomic E-state index is 12.0. The van der Waals surface area contributed by atoms with Crippen LogP contribution in [0.1, 0.15) is 37.0 Å². The minimum atomic E-state index is 0.0371. The number of hydrogen-bond donors (Lipinski definition) is 0. The lowest BCUT2D eigenvalue weighted by atomic mass is 9.98. The van der Waals surface area contributed by atoms with E-state index in [-0.39, 0.29) is 18.6 Å². The van der Waals surface area contributed by atoms with Gasteiger partial charge in [-0.3, -0.25) is 4.79 Å². The van der Waals surface area contributed by atoms with Crippen LogP contribution in [0.4, 0.5) is 0 Å². The number of thiophene rings is 1. The quantitative estimate of drug-likeness (QED) is 0.830. The van der Waals surface area contributed by atoms with Gasteiger partial charge in [-0.1, -0.05) is 30.9 Å². The van der Waals surface area contributed by atoms with E-state index in [4.69, 9.17) is 16.3 Å². The number of likely N-dealkylation sites (N-methyl/N-ethyl adjacent to an activating group) is 1. The molecule has 1 aliphatic rings. The first-order valence-corrected chi connectivity index (χ1v) is 7.94. The Labute approximate surface area is 123 Å². The standard InChI is InChI=1S/C14H20ClNO2S/c1-16(9-12-7-8-13(15)19-12)14(17)10-18-11-5-3-2-4-6-11/h7-8,11H,2-6,9-10H2,1H3. The van der Waals surface area contributed by atoms with Gasteiger partial charge in [0.25, 0.3) is 0 Å². The molecule has 1 aliphatic carbocycles. The van der Waals surface area contributed by atoms with Crippen molar-refractivity contribution in [3.8, 4) is 0 Å². The molecule has 1 aromatic rings. The Morgan fingerprint density at radius 2 is 2.16 bits per heavy atom. The van der Waals surface area contributed by atoms with Crippen LogP contribution < -0.4 is 0 Å². The Bertz CT molecular complexity index is 415. The summed E-state index contributed by atoms with van der Waals surface area (Å²) >= 11 is 7.39. The highest BCUT2D eigenvalue weighted by molar-refractivity contribution is 7.16. The molecule has 0 unspecified atom stereocenters. The van der Waals surface area contributed by atoms with Crippen LogP contribution in [0.3, 0.4) is 0 Å². The van der Waals surface area contributed by atoms with E-state index in [9.17, 15) is 4.79 Å². The number of carbonyl (C=O) groups excluding carboxylic acids is 1. The van der Waals surface area contributed by atoms with E-state index in [2.05, 4.69) is 0 Å². The van der Waals surface area contributed by atoms with Crippen molar-refractivity contribution in [3.05, 3.63) is 21.3 Å². The first kappa shape index (κ1) is 14.8. The molecule has 5 heteroatoms. The molecule has 1 aromatic heterocycles. The van der Waals surface area contributed by atoms with Crippen LogP contribution in [0.15, 0.2) is 12.1 Å². The zero-order chi connectivity index (χ0) is 13.7. The van der Waals surface area contributed by atoms with Gasteiger partial charge in [0.15, 0.2) is 0 Å². The first-order valence-electron chi connectivity index (χ1n) is 6.75. The average molecular weight is 302 g/mol. The maximum absolute atomic E-state index is 12.0. The Hall–Kier alpha value is -0.580. The van der Waals surface area contributed by atoms with Crippen molar-refractivity contribution in [2.45, 2.75) is 44.8 Å². The molecule has 0 saturated heterocycles. The van der Waals surface area contributed by atoms with Crippen LogP contribution in [-0.4, -0.2) is 30.6 Å². The Kier molecular flexibility index (Phi) is 5.67. The van der Waals surface area contributed by atoms with E-state index < -0.39 is 0 Å². The summed E-state index contributed by atoms with van der Waals surface area (Å²) in [6.45, 7) is 0.796. The van der Waals surface area contributed by atoms with Crippen molar-refractivity contribution < 1.29 is 9.53 Å². The molecule has 0 atom stereocenters. The third-order valence-electron chi connectivity index (χ3n) is 3.44. The predicted molar refractivity (Wildman–Crippen MR) is 78.6 cm³/mol. The summed E-state index contributed by atoms with van der Waals surface area (Å²) in [5.74, 6) is 0.0371. The van der Waals surface area contributed by atoms with Gasteiger partial charge in [0.05, 0.1) is 17.0 Å². The smallest absolute Gasteiger partial charge is 0.248 e. The fraction of sp³-hybridized carbons (Fsp3) is 0.643. The molecule has 1 amide bonds. The third-order valence-corrected chi connectivity index (χ3v) is 4.66. The maximum Gasteiger partial charge on any atom is 0.248 e. The Morgan fingerprint density at radius 3 is 2.79 bits per heavy atom. The van der Waals surface area contributed by atoms with Crippen molar-refractivity contribution in [2.24, 2.45) is 0 Å². The van der Waals surface area contributed by atoms with Crippen LogP contribution in [0.25, 0.3) is 0 Å². The number of halogens is 1. The van der Waals surface area contributed by atoms with E-state index in [0.29, 0.717) is 6.54 Å². The minimum Gasteiger partial charge on any atom is -0.368 e. The average Bonchev–Trinajstić information content (AvgIpc) is 2.82. The van der Waals surface area contributed by atoms with E-state index >= 15 is 0 Å². The molecule has 1 fully saturated rings. The Morgan fingerprint density at radius 1 is 1.42 bits per heavy atom. The summed E-state index contributed by atoms with van der Waals surface area (Å²) in [6, 6.07) is 3.82. The highest BCUT2D eigenvalue weighted by Gasteiger charge is 2.17. The van der Waals surface area contributed by atoms with Crippen LogP contribution in [0.2, 0.25) is 4.34 Å². The molecule has 0 aromatic carbocycles. The SMILES string of the molecule is CN(Cc1ccc(Cl)s1)C(=O)COC1CCCCC1. The van der Waals surface area contributed by atoms with Crippen LogP contribution in [0.5, 0.6) is 0 Å². The number of hydrogen-bond acceptors (Lipinski definition) is 3. The molecule has 3 nitrogen and oxygen atoms in total. The molecule has 0 N–H and O–H groups in total. The molecular formula is C14H20ClNO2S. The summed E-state index contributed by atoms with van der Waals surface area (Å²) in [5, 5.41) is 0. The predicted octanol–water partition coefficient (Wildman–Crippen LogP) is 3.71. The highest BCUT2D eigenvalue weighted by Crippen LogP contribution is 2.23. The van der Waals surface area contributed by atoms with Crippen molar-refractivity contribution >= 4 is 28.8 Å². The second kappa shape index (κ2) is 7.27. The summed E-state index contributed by atoms with van der Waals surface area (Å²) < 4.78 is 6.45. The zero-order valence-electron chi connectivity index (χ0n) is 11.2. The van der Waals surface area contributed by atoms with Crippen LogP contribution >= 0.6 is 22.9 Å². The normalized spacial score (nSPS) is 16.5. The van der Waals surface area contributed by atoms with Crippen LogP contribution in [0, 0.1) is 0 Å². The number of carbonyl (C=O) groups is 1. The van der Waals surface area contributed by atoms with E-state index in [1.807, 2.05) is 12.1 Å². The number of amides is 1. The lowest BCUT2D eigenvalue weighted by Crippen LogP contribution is -2.31. The topological polar surface area (TPSA) is 29.5 Å². The van der Waals surface area contributed by atoms with Crippen molar-refractivity contribution in [1.29, 1.82) is 0 Å². The molecule has 1 saturated carbocycles. The minimum absolute atomic E-state index is 0.0371. The van der Waals surface area contributed by atoms with Gasteiger partial charge in [-0.25, -0.2) is 0 Å². The number of ether oxygens (including phenoxy) is 1. The third kappa shape index (κ3) is 4.79. The van der Waals surface area contributed by atoms with Gasteiger partial charge in [0.1, 0.15) is 6.61 Å². The first-order chi connectivity index (χ1) is 9.15. The van der Waals surface area contributed by atoms with E-state index in [1.165, 1.54) is 30.6 Å². The molecule has 0 aliphatic heterocycles. The Balaban J connectivity index is 1.72. The lowest BCUT2D eigenvalue weighted by Gasteiger charge is -2.23. The summed E-state index contributed by atoms with van der Waals surface area (Å²) in [7, 11) is 1.81. The molecular weight excluding hydrogens is 282 g/mol. The van der Waals surface area contributed by atoms with Gasteiger partial charge in [-0.2, -0.15) is 0 Å². The van der Waals surface area contributed by atoms with Gasteiger partial charge in [0, 0.05) is 11.9 Å². The summed E-state index contributed by atoms with van der Waals surface area (Å²) in [4.78, 5) is 14.8. The molecule has 106 valence electrons. The molecule has 0 radical (unpaired) electrons. The fourth-order valence-electron chi connectivity index (χ4n) is 2.29. The second-order valence-corrected chi connectivity index (χ2v) is 6.83. The number of rotatable bonds is 5. The molecule has 1 heterocycles. The highest BCUT2D eigenvalue weighted by atomic mass is 35.5. The van der Waals surface area contributed by atoms with Gasteiger partial charge < -0.3 is 9.64 Å². The van der Waals surface area contributed by atoms with Crippen LogP contribution in [-0.2, 0) is 16.1 Å². The van der Waals surface area contributed by atoms with Gasteiger partial charge in [0.2, 0.25) is 5.91 Å². The monoisotopic (exact) mass is 301 g/mol. The summed E-state index contributed by atoms with van der Waals surface area (Å²) in [6.07, 6.45) is 6.22. The summed E-state index contributed by atoms with van der Waals surface area (Å²) in [5.41, 5.74) is 0. The van der Waals surface area contributed by atoms with Crippen molar-refractivity contribution in [1.82, 2.24) is 4.90 Å². The molecule has 0 bridgehead atoms. The van der Waals surface area contributed by atoms with Gasteiger partial charge in [-0.05, 0) is 25.0 Å². The largest absolute Gasteiger partial charge is 0.368 e. The van der Waals surface area contributed by atoms with Crippen molar-refractivity contribution in [3.63, 3.8) is 0 Å². The van der Waals surface area contributed by atoms with Crippen molar-refractivity contribution in [2.75, 3.05) is 13.7 Å². The van der Waals surface area contributed by atoms with Gasteiger partial charge >= 0.3 is 0 Å². The number of nitrogens with zero attached hydrogens (tertiary/aromatic N) is 1. The molecule has 19 heavy (non-hydrogen) atoms. The van der Waals surface area contributed by atoms with E-state index in [0.717, 1.165) is 22.1 Å². The second-order valence-electron chi connectivity index (χ2n) is 5.03. The fourth-order valence-corrected chi connectivity index (χ4v) is 3.43. The van der Waals surface area contributed by atoms with E-state index in [1.54, 1.807) is 11.9 Å². The molecule has 2 rings (SSSR count). The lowest BCUT2D eigenvalue weighted by molar-refractivity contribution is -0.138. The van der Waals surface area contributed by atoms with Gasteiger partial charge in [-0.15, -0.1) is 11.3 Å². The molecule has 0 spiro atoms.